The maximum atomic E-state index is 14.8. The van der Waals surface area contributed by atoms with Crippen LogP contribution in [-0.2, 0) is 20.5 Å². The summed E-state index contributed by atoms with van der Waals surface area (Å²) in [6, 6.07) is 27.0. The molecule has 4 aromatic rings. The van der Waals surface area contributed by atoms with Gasteiger partial charge in [-0.05, 0) is 60.8 Å². The van der Waals surface area contributed by atoms with Crippen molar-refractivity contribution in [3.8, 4) is 0 Å². The van der Waals surface area contributed by atoms with Crippen molar-refractivity contribution in [2.45, 2.75) is 36.8 Å². The van der Waals surface area contributed by atoms with E-state index in [1.807, 2.05) is 91.9 Å². The van der Waals surface area contributed by atoms with Gasteiger partial charge in [-0.25, -0.2) is 0 Å². The van der Waals surface area contributed by atoms with Gasteiger partial charge in [0.25, 0.3) is 5.91 Å². The molecule has 0 aliphatic carbocycles. The van der Waals surface area contributed by atoms with E-state index in [0.29, 0.717) is 23.5 Å². The zero-order chi connectivity index (χ0) is 26.5. The molecule has 4 atom stereocenters. The first-order valence-corrected chi connectivity index (χ1v) is 13.6. The van der Waals surface area contributed by atoms with Crippen LogP contribution >= 0.6 is 0 Å². The van der Waals surface area contributed by atoms with Crippen molar-refractivity contribution in [3.63, 3.8) is 0 Å². The Balaban J connectivity index is 1.45. The molecule has 0 aromatic heterocycles. The molecule has 8 rings (SSSR count). The third-order valence-electron chi connectivity index (χ3n) is 9.57. The zero-order valence-corrected chi connectivity index (χ0v) is 21.5. The van der Waals surface area contributed by atoms with Gasteiger partial charge in [-0.2, -0.15) is 0 Å². The number of rotatable bonds is 2. The quantitative estimate of drug-likeness (QED) is 0.363. The van der Waals surface area contributed by atoms with E-state index < -0.39 is 16.9 Å². The lowest BCUT2D eigenvalue weighted by Gasteiger charge is -2.43. The maximum Gasteiger partial charge on any atom is 0.251 e. The summed E-state index contributed by atoms with van der Waals surface area (Å²) >= 11 is 0. The Morgan fingerprint density at radius 1 is 0.821 bits per heavy atom. The molecule has 0 radical (unpaired) electrons. The molecule has 0 unspecified atom stereocenters. The average molecular weight is 514 g/mol. The van der Waals surface area contributed by atoms with Crippen molar-refractivity contribution in [2.24, 2.45) is 5.92 Å². The molecule has 0 bridgehead atoms. The van der Waals surface area contributed by atoms with Gasteiger partial charge in [0.1, 0.15) is 11.0 Å². The number of hydrogen-bond donors (Lipinski definition) is 2. The lowest BCUT2D eigenvalue weighted by Crippen LogP contribution is -2.62. The normalized spacial score (nSPS) is 28.5. The van der Waals surface area contributed by atoms with E-state index >= 15 is 0 Å². The molecule has 6 heteroatoms. The van der Waals surface area contributed by atoms with Gasteiger partial charge < -0.3 is 10.6 Å². The van der Waals surface area contributed by atoms with Gasteiger partial charge in [-0.3, -0.25) is 19.3 Å². The maximum absolute atomic E-state index is 14.8. The van der Waals surface area contributed by atoms with E-state index in [2.05, 4.69) is 15.5 Å². The van der Waals surface area contributed by atoms with Crippen LogP contribution < -0.4 is 10.6 Å². The predicted molar refractivity (Wildman–Crippen MR) is 150 cm³/mol. The van der Waals surface area contributed by atoms with Crippen LogP contribution in [-0.4, -0.2) is 35.1 Å². The minimum atomic E-state index is -1.42. The fourth-order valence-corrected chi connectivity index (χ4v) is 8.21. The van der Waals surface area contributed by atoms with Crippen molar-refractivity contribution < 1.29 is 14.4 Å². The third kappa shape index (κ3) is 2.58. The summed E-state index contributed by atoms with van der Waals surface area (Å²) in [5, 5.41) is 8.26. The predicted octanol–water partition coefficient (Wildman–Crippen LogP) is 5.16. The number of carbonyl (C=O) groups excluding carboxylic acids is 3. The van der Waals surface area contributed by atoms with Gasteiger partial charge >= 0.3 is 0 Å². The van der Waals surface area contributed by atoms with Gasteiger partial charge in [-0.15, -0.1) is 0 Å². The molecule has 2 spiro atoms. The molecule has 4 aliphatic heterocycles. The molecule has 4 heterocycles. The van der Waals surface area contributed by atoms with Crippen LogP contribution in [0.1, 0.15) is 39.9 Å². The highest BCUT2D eigenvalue weighted by atomic mass is 16.2. The van der Waals surface area contributed by atoms with E-state index in [-0.39, 0.29) is 23.6 Å². The molecular weight excluding hydrogens is 486 g/mol. The Hall–Kier alpha value is -4.29. The van der Waals surface area contributed by atoms with Crippen LogP contribution in [0.4, 0.5) is 11.4 Å². The minimum Gasteiger partial charge on any atom is -0.325 e. The molecule has 2 saturated heterocycles. The first kappa shape index (κ1) is 22.7. The number of nitrogens with zero attached hydrogens (tertiary/aromatic N) is 1. The summed E-state index contributed by atoms with van der Waals surface area (Å²) < 4.78 is 0. The highest BCUT2D eigenvalue weighted by molar-refractivity contribution is 6.21. The summed E-state index contributed by atoms with van der Waals surface area (Å²) in [4.78, 5) is 46.1. The SMILES string of the molecule is Cc1ccc2c(c1)[C@]1(C(=O)N2)N2CCC[C@@H]2[C@H](C(=O)c2ccc3ccccc3c2)[C@@]12C(=O)Nc1ccccc12. The molecule has 4 aromatic carbocycles. The van der Waals surface area contributed by atoms with Crippen LogP contribution in [0.15, 0.2) is 84.9 Å². The van der Waals surface area contributed by atoms with Crippen LogP contribution in [0.2, 0.25) is 0 Å². The van der Waals surface area contributed by atoms with E-state index in [1.54, 1.807) is 0 Å². The summed E-state index contributed by atoms with van der Waals surface area (Å²) in [5.41, 5.74) is 1.74. The largest absolute Gasteiger partial charge is 0.325 e. The standard InChI is InChI=1S/C33H27N3O3/c1-19-12-15-26-24(17-19)33(31(39)35-26)32(23-9-4-5-10-25(23)34-30(32)38)28(27-11-6-16-36(27)33)29(37)22-14-13-20-7-2-3-8-21(20)18-22/h2-5,7-10,12-15,17-18,27-28H,6,11,16H2,1H3,(H,34,38)(H,35,39)/t27-,28-,32+,33-/m1/s1. The molecule has 2 amide bonds. The molecule has 6 nitrogen and oxygen atoms in total. The Morgan fingerprint density at radius 2 is 1.56 bits per heavy atom. The number of fused-ring (bicyclic) bond motifs is 8. The first-order valence-electron chi connectivity index (χ1n) is 13.6. The van der Waals surface area contributed by atoms with Crippen LogP contribution in [0.3, 0.4) is 0 Å². The molecular formula is C33H27N3O3. The van der Waals surface area contributed by atoms with Crippen molar-refractivity contribution in [1.29, 1.82) is 0 Å². The van der Waals surface area contributed by atoms with Crippen LogP contribution in [0.5, 0.6) is 0 Å². The number of hydrogen-bond acceptors (Lipinski definition) is 4. The highest BCUT2D eigenvalue weighted by Gasteiger charge is 2.81. The van der Waals surface area contributed by atoms with E-state index in [0.717, 1.165) is 40.3 Å². The van der Waals surface area contributed by atoms with E-state index in [4.69, 9.17) is 0 Å². The second-order valence-corrected chi connectivity index (χ2v) is 11.3. The summed E-state index contributed by atoms with van der Waals surface area (Å²) in [5.74, 6) is -1.32. The number of anilines is 2. The fraction of sp³-hybridized carbons (Fsp3) is 0.242. The summed E-state index contributed by atoms with van der Waals surface area (Å²) in [7, 11) is 0. The number of benzene rings is 4. The number of Topliss-reactive ketones (excluding diaryl/α,β-unsaturated/α-hetero) is 1. The number of nitrogens with one attached hydrogen (secondary N) is 2. The third-order valence-corrected chi connectivity index (χ3v) is 9.57. The molecule has 0 saturated carbocycles. The Bertz CT molecular complexity index is 1760. The van der Waals surface area contributed by atoms with Crippen LogP contribution in [0.25, 0.3) is 10.8 Å². The monoisotopic (exact) mass is 513 g/mol. The number of amides is 2. The lowest BCUT2D eigenvalue weighted by atomic mass is 9.57. The topological polar surface area (TPSA) is 78.5 Å². The van der Waals surface area contributed by atoms with E-state index in [1.165, 1.54) is 0 Å². The first-order chi connectivity index (χ1) is 19.0. The van der Waals surface area contributed by atoms with E-state index in [9.17, 15) is 14.4 Å². The number of aryl methyl sites for hydroxylation is 1. The average Bonchev–Trinajstić information content (AvgIpc) is 3.67. The number of ketones is 1. The molecule has 4 aliphatic rings. The van der Waals surface area contributed by atoms with Crippen LogP contribution in [0, 0.1) is 12.8 Å². The second-order valence-electron chi connectivity index (χ2n) is 11.3. The zero-order valence-electron chi connectivity index (χ0n) is 21.5. The lowest BCUT2D eigenvalue weighted by molar-refractivity contribution is -0.137. The highest BCUT2D eigenvalue weighted by Crippen LogP contribution is 2.67. The summed E-state index contributed by atoms with van der Waals surface area (Å²) in [6.45, 7) is 2.64. The summed E-state index contributed by atoms with van der Waals surface area (Å²) in [6.07, 6.45) is 1.61. The minimum absolute atomic E-state index is 0.0877. The number of para-hydroxylation sites is 1. The Morgan fingerprint density at radius 3 is 2.44 bits per heavy atom. The van der Waals surface area contributed by atoms with Gasteiger partial charge in [0.05, 0.1) is 5.92 Å². The van der Waals surface area contributed by atoms with Crippen molar-refractivity contribution in [1.82, 2.24) is 4.90 Å². The van der Waals surface area contributed by atoms with Gasteiger partial charge in [0.2, 0.25) is 5.91 Å². The Kier molecular flexibility index (Phi) is 4.44. The Labute approximate surface area is 226 Å². The smallest absolute Gasteiger partial charge is 0.251 e. The second kappa shape index (κ2) is 7.64. The van der Waals surface area contributed by atoms with Gasteiger partial charge in [-0.1, -0.05) is 72.3 Å². The van der Waals surface area contributed by atoms with Crippen molar-refractivity contribution in [3.05, 3.63) is 107 Å². The van der Waals surface area contributed by atoms with Crippen molar-refractivity contribution in [2.75, 3.05) is 17.2 Å². The molecule has 39 heavy (non-hydrogen) atoms. The molecule has 2 N–H and O–H groups in total. The van der Waals surface area contributed by atoms with Gasteiger partial charge in [0.15, 0.2) is 5.78 Å². The molecule has 192 valence electrons. The fourth-order valence-electron chi connectivity index (χ4n) is 8.21. The van der Waals surface area contributed by atoms with Crippen molar-refractivity contribution >= 4 is 39.7 Å². The molecule has 2 fully saturated rings. The van der Waals surface area contributed by atoms with Gasteiger partial charge in [0, 0.05) is 28.5 Å². The number of carbonyl (C=O) groups is 3.